The molecule has 1 saturated heterocycles. The molecule has 3 nitrogen and oxygen atoms in total. The Bertz CT molecular complexity index is 472. The van der Waals surface area contributed by atoms with Crippen LogP contribution in [0.2, 0.25) is 0 Å². The number of hydrogen-bond acceptors (Lipinski definition) is 3. The molecule has 0 bridgehead atoms. The molecule has 0 aromatic heterocycles. The lowest BCUT2D eigenvalue weighted by molar-refractivity contribution is -0.0357. The number of benzene rings is 1. The minimum atomic E-state index is 0.0522. The van der Waals surface area contributed by atoms with Crippen molar-refractivity contribution in [2.45, 2.75) is 57.4 Å². The van der Waals surface area contributed by atoms with Crippen LogP contribution in [0.1, 0.15) is 37.8 Å². The van der Waals surface area contributed by atoms with Crippen LogP contribution in [0.5, 0.6) is 0 Å². The summed E-state index contributed by atoms with van der Waals surface area (Å²) in [6.45, 7) is 7.14. The van der Waals surface area contributed by atoms with Crippen LogP contribution in [0.4, 0.5) is 0 Å². The Kier molecular flexibility index (Phi) is 3.85. The van der Waals surface area contributed by atoms with Gasteiger partial charge in [0, 0.05) is 25.7 Å². The van der Waals surface area contributed by atoms with Gasteiger partial charge in [-0.15, -0.1) is 0 Å². The van der Waals surface area contributed by atoms with Gasteiger partial charge < -0.3 is 10.5 Å². The summed E-state index contributed by atoms with van der Waals surface area (Å²) in [4.78, 5) is 2.52. The molecular formula is C17H26N2O. The number of rotatable bonds is 3. The van der Waals surface area contributed by atoms with E-state index < -0.39 is 0 Å². The van der Waals surface area contributed by atoms with Crippen LogP contribution in [0, 0.1) is 0 Å². The fourth-order valence-electron chi connectivity index (χ4n) is 3.56. The Labute approximate surface area is 122 Å². The molecule has 0 amide bonds. The highest BCUT2D eigenvalue weighted by molar-refractivity contribution is 5.30. The van der Waals surface area contributed by atoms with Crippen LogP contribution in [0.3, 0.4) is 0 Å². The van der Waals surface area contributed by atoms with Crippen molar-refractivity contribution in [3.05, 3.63) is 35.4 Å². The largest absolute Gasteiger partial charge is 0.371 e. The van der Waals surface area contributed by atoms with Crippen molar-refractivity contribution in [1.29, 1.82) is 0 Å². The first kappa shape index (κ1) is 14.1. The van der Waals surface area contributed by atoms with Gasteiger partial charge in [0.05, 0.1) is 11.7 Å². The van der Waals surface area contributed by atoms with E-state index in [1.165, 1.54) is 17.5 Å². The van der Waals surface area contributed by atoms with E-state index in [9.17, 15) is 0 Å². The Balaban J connectivity index is 1.70. The van der Waals surface area contributed by atoms with Gasteiger partial charge in [0.15, 0.2) is 0 Å². The van der Waals surface area contributed by atoms with Crippen LogP contribution in [0.25, 0.3) is 0 Å². The third-order valence-electron chi connectivity index (χ3n) is 4.73. The highest BCUT2D eigenvalue weighted by Crippen LogP contribution is 2.31. The molecule has 2 atom stereocenters. The van der Waals surface area contributed by atoms with E-state index >= 15 is 0 Å². The topological polar surface area (TPSA) is 38.5 Å². The summed E-state index contributed by atoms with van der Waals surface area (Å²) in [6.07, 6.45) is 3.77. The van der Waals surface area contributed by atoms with Gasteiger partial charge in [0.1, 0.15) is 0 Å². The van der Waals surface area contributed by atoms with Gasteiger partial charge >= 0.3 is 0 Å². The Hall–Kier alpha value is -0.900. The number of ether oxygens (including phenoxy) is 1. The molecule has 0 spiro atoms. The van der Waals surface area contributed by atoms with Crippen molar-refractivity contribution in [2.75, 3.05) is 13.1 Å². The van der Waals surface area contributed by atoms with E-state index in [1.807, 2.05) is 0 Å². The summed E-state index contributed by atoms with van der Waals surface area (Å²) < 4.78 is 6.15. The van der Waals surface area contributed by atoms with E-state index in [0.717, 1.165) is 32.5 Å². The van der Waals surface area contributed by atoms with Crippen molar-refractivity contribution in [1.82, 2.24) is 4.90 Å². The van der Waals surface area contributed by atoms with Gasteiger partial charge in [0.25, 0.3) is 0 Å². The Morgan fingerprint density at radius 3 is 2.70 bits per heavy atom. The SMILES string of the molecule is CC1(C)CCC(CN2Cc3ccccc3CC2CN)O1. The summed E-state index contributed by atoms with van der Waals surface area (Å²) in [5.41, 5.74) is 8.97. The van der Waals surface area contributed by atoms with E-state index in [1.54, 1.807) is 0 Å². The normalized spacial score (nSPS) is 29.4. The van der Waals surface area contributed by atoms with E-state index in [0.29, 0.717) is 12.1 Å². The first-order valence-corrected chi connectivity index (χ1v) is 7.76. The molecule has 2 unspecified atom stereocenters. The maximum atomic E-state index is 6.15. The third-order valence-corrected chi connectivity index (χ3v) is 4.73. The van der Waals surface area contributed by atoms with Crippen LogP contribution in [-0.2, 0) is 17.7 Å². The summed E-state index contributed by atoms with van der Waals surface area (Å²) in [5.74, 6) is 0. The lowest BCUT2D eigenvalue weighted by Gasteiger charge is -2.37. The van der Waals surface area contributed by atoms with Gasteiger partial charge in [0.2, 0.25) is 0 Å². The first-order chi connectivity index (χ1) is 9.57. The molecule has 20 heavy (non-hydrogen) atoms. The van der Waals surface area contributed by atoms with Gasteiger partial charge in [-0.25, -0.2) is 0 Å². The fraction of sp³-hybridized carbons (Fsp3) is 0.647. The number of hydrogen-bond donors (Lipinski definition) is 1. The molecule has 2 aliphatic rings. The number of nitrogens with zero attached hydrogens (tertiary/aromatic N) is 1. The average molecular weight is 274 g/mol. The third kappa shape index (κ3) is 2.90. The van der Waals surface area contributed by atoms with Crippen LogP contribution < -0.4 is 5.73 Å². The van der Waals surface area contributed by atoms with Gasteiger partial charge in [-0.05, 0) is 44.2 Å². The van der Waals surface area contributed by atoms with Gasteiger partial charge in [-0.3, -0.25) is 4.90 Å². The molecule has 0 aliphatic carbocycles. The maximum absolute atomic E-state index is 6.15. The van der Waals surface area contributed by atoms with E-state index in [-0.39, 0.29) is 5.60 Å². The van der Waals surface area contributed by atoms with Gasteiger partial charge in [-0.2, -0.15) is 0 Å². The smallest absolute Gasteiger partial charge is 0.0710 e. The lowest BCUT2D eigenvalue weighted by Crippen LogP contribution is -2.48. The lowest BCUT2D eigenvalue weighted by atomic mass is 9.93. The van der Waals surface area contributed by atoms with E-state index in [4.69, 9.17) is 10.5 Å². The van der Waals surface area contributed by atoms with Crippen LogP contribution in [0.15, 0.2) is 24.3 Å². The zero-order valence-electron chi connectivity index (χ0n) is 12.6. The minimum Gasteiger partial charge on any atom is -0.371 e. The molecule has 2 heterocycles. The molecule has 3 heteroatoms. The molecule has 3 rings (SSSR count). The van der Waals surface area contributed by atoms with Gasteiger partial charge in [-0.1, -0.05) is 24.3 Å². The highest BCUT2D eigenvalue weighted by atomic mass is 16.5. The summed E-state index contributed by atoms with van der Waals surface area (Å²) >= 11 is 0. The predicted octanol–water partition coefficient (Wildman–Crippen LogP) is 2.33. The number of fused-ring (bicyclic) bond motifs is 1. The fourth-order valence-corrected chi connectivity index (χ4v) is 3.56. The first-order valence-electron chi connectivity index (χ1n) is 7.76. The van der Waals surface area contributed by atoms with Crippen molar-refractivity contribution < 1.29 is 4.74 Å². The summed E-state index contributed by atoms with van der Waals surface area (Å²) in [5, 5.41) is 0. The van der Waals surface area contributed by atoms with Crippen molar-refractivity contribution in [3.8, 4) is 0 Å². The summed E-state index contributed by atoms with van der Waals surface area (Å²) in [6, 6.07) is 9.20. The van der Waals surface area contributed by atoms with Crippen LogP contribution >= 0.6 is 0 Å². The molecule has 1 aromatic carbocycles. The zero-order valence-corrected chi connectivity index (χ0v) is 12.6. The van der Waals surface area contributed by atoms with Crippen molar-refractivity contribution in [3.63, 3.8) is 0 Å². The van der Waals surface area contributed by atoms with Crippen molar-refractivity contribution in [2.24, 2.45) is 5.73 Å². The quantitative estimate of drug-likeness (QED) is 0.919. The zero-order chi connectivity index (χ0) is 14.2. The number of nitrogens with two attached hydrogens (primary N) is 1. The monoisotopic (exact) mass is 274 g/mol. The van der Waals surface area contributed by atoms with Crippen molar-refractivity contribution >= 4 is 0 Å². The summed E-state index contributed by atoms with van der Waals surface area (Å²) in [7, 11) is 0. The van der Waals surface area contributed by atoms with E-state index in [2.05, 4.69) is 43.0 Å². The molecule has 0 saturated carbocycles. The Morgan fingerprint density at radius 1 is 1.30 bits per heavy atom. The molecular weight excluding hydrogens is 248 g/mol. The highest BCUT2D eigenvalue weighted by Gasteiger charge is 2.34. The molecule has 1 aromatic rings. The molecule has 0 radical (unpaired) electrons. The van der Waals surface area contributed by atoms with Crippen LogP contribution in [-0.4, -0.2) is 35.7 Å². The molecule has 110 valence electrons. The maximum Gasteiger partial charge on any atom is 0.0710 e. The second-order valence-electron chi connectivity index (χ2n) is 6.83. The molecule has 1 fully saturated rings. The molecule has 2 N–H and O–H groups in total. The molecule has 2 aliphatic heterocycles. The predicted molar refractivity (Wildman–Crippen MR) is 81.6 cm³/mol. The minimum absolute atomic E-state index is 0.0522. The standard InChI is InChI=1S/C17H26N2O/c1-17(2)8-7-16(20-17)12-19-11-14-6-4-3-5-13(14)9-15(19)10-18/h3-6,15-16H,7-12,18H2,1-2H3. The average Bonchev–Trinajstić information content (AvgIpc) is 2.77. The second kappa shape index (κ2) is 5.47. The second-order valence-corrected chi connectivity index (χ2v) is 6.83. The Morgan fingerprint density at radius 2 is 2.05 bits per heavy atom.